The molecule has 108 valence electrons. The smallest absolute Gasteiger partial charge is 0.0873 e. The van der Waals surface area contributed by atoms with Crippen LogP contribution in [0.2, 0.25) is 10.0 Å². The van der Waals surface area contributed by atoms with E-state index in [-0.39, 0.29) is 0 Å². The summed E-state index contributed by atoms with van der Waals surface area (Å²) in [4.78, 5) is 2.32. The minimum Gasteiger partial charge on any atom is -0.372 e. The van der Waals surface area contributed by atoms with E-state index < -0.39 is 0 Å². The van der Waals surface area contributed by atoms with Gasteiger partial charge in [-0.15, -0.1) is 0 Å². The van der Waals surface area contributed by atoms with Crippen LogP contribution < -0.4 is 5.32 Å². The zero-order valence-corrected chi connectivity index (χ0v) is 13.0. The van der Waals surface area contributed by atoms with E-state index in [1.165, 1.54) is 11.3 Å². The molecule has 0 saturated carbocycles. The molecule has 1 aliphatic heterocycles. The number of rotatable bonds is 4. The van der Waals surface area contributed by atoms with Crippen LogP contribution in [0.15, 0.2) is 54.7 Å². The predicted octanol–water partition coefficient (Wildman–Crippen LogP) is 4.40. The second-order valence-corrected chi connectivity index (χ2v) is 5.85. The molecule has 1 aliphatic rings. The largest absolute Gasteiger partial charge is 0.372 e. The van der Waals surface area contributed by atoms with Crippen LogP contribution in [0.1, 0.15) is 11.1 Å². The number of hydrogen-bond acceptors (Lipinski definition) is 2. The normalized spacial score (nSPS) is 14.0. The van der Waals surface area contributed by atoms with Gasteiger partial charge in [-0.05, 0) is 29.7 Å². The summed E-state index contributed by atoms with van der Waals surface area (Å²) in [5, 5.41) is 4.70. The lowest BCUT2D eigenvalue weighted by Crippen LogP contribution is -2.25. The van der Waals surface area contributed by atoms with Crippen molar-refractivity contribution in [3.63, 3.8) is 0 Å². The lowest BCUT2D eigenvalue weighted by Gasteiger charge is -2.21. The van der Waals surface area contributed by atoms with Crippen LogP contribution >= 0.6 is 23.2 Å². The fraction of sp³-hybridized carbons (Fsp3) is 0.176. The topological polar surface area (TPSA) is 15.3 Å². The fourth-order valence-corrected chi connectivity index (χ4v) is 2.99. The summed E-state index contributed by atoms with van der Waals surface area (Å²) >= 11 is 12.2. The zero-order chi connectivity index (χ0) is 14.7. The van der Waals surface area contributed by atoms with Gasteiger partial charge in [0, 0.05) is 22.8 Å². The quantitative estimate of drug-likeness (QED) is 0.899. The number of nitrogens with zero attached hydrogens (tertiary/aromatic N) is 1. The monoisotopic (exact) mass is 318 g/mol. The van der Waals surface area contributed by atoms with Crippen molar-refractivity contribution in [1.29, 1.82) is 0 Å². The van der Waals surface area contributed by atoms with Crippen molar-refractivity contribution in [3.8, 4) is 0 Å². The van der Waals surface area contributed by atoms with Crippen LogP contribution in [0.25, 0.3) is 5.70 Å². The Balaban J connectivity index is 1.69. The van der Waals surface area contributed by atoms with Gasteiger partial charge in [-0.3, -0.25) is 0 Å². The first kappa shape index (κ1) is 14.3. The van der Waals surface area contributed by atoms with Gasteiger partial charge in [0.05, 0.1) is 12.4 Å². The Labute approximate surface area is 135 Å². The van der Waals surface area contributed by atoms with Crippen molar-refractivity contribution in [2.45, 2.75) is 6.42 Å². The third-order valence-corrected chi connectivity index (χ3v) is 4.18. The minimum absolute atomic E-state index is 0.677. The van der Waals surface area contributed by atoms with Crippen molar-refractivity contribution in [3.05, 3.63) is 75.9 Å². The van der Waals surface area contributed by atoms with E-state index in [1.54, 1.807) is 6.07 Å². The third-order valence-electron chi connectivity index (χ3n) is 3.60. The predicted molar refractivity (Wildman–Crippen MR) is 89.3 cm³/mol. The first-order chi connectivity index (χ1) is 10.2. The molecule has 0 amide bonds. The molecule has 2 aromatic rings. The van der Waals surface area contributed by atoms with Crippen molar-refractivity contribution in [2.75, 3.05) is 13.2 Å². The highest BCUT2D eigenvalue weighted by atomic mass is 35.5. The molecule has 0 atom stereocenters. The number of benzene rings is 2. The summed E-state index contributed by atoms with van der Waals surface area (Å²) in [5.74, 6) is 0. The maximum atomic E-state index is 6.24. The van der Waals surface area contributed by atoms with Gasteiger partial charge >= 0.3 is 0 Å². The molecule has 0 aliphatic carbocycles. The summed E-state index contributed by atoms with van der Waals surface area (Å²) in [5.41, 5.74) is 3.57. The van der Waals surface area contributed by atoms with Gasteiger partial charge in [0.2, 0.25) is 0 Å². The van der Waals surface area contributed by atoms with Crippen LogP contribution in [0.3, 0.4) is 0 Å². The number of nitrogens with one attached hydrogen (secondary N) is 1. The molecule has 3 rings (SSSR count). The summed E-state index contributed by atoms with van der Waals surface area (Å²) in [7, 11) is 0. The fourth-order valence-electron chi connectivity index (χ4n) is 2.48. The standard InChI is InChI=1S/C17H16Cl2N2/c18-15-7-6-13(16(19)10-15)8-9-21-12-20-11-17(21)14-4-2-1-3-5-14/h1-7,10-11,20H,8-9,12H2. The van der Waals surface area contributed by atoms with Gasteiger partial charge in [-0.25, -0.2) is 0 Å². The lowest BCUT2D eigenvalue weighted by molar-refractivity contribution is 0.413. The van der Waals surface area contributed by atoms with Gasteiger partial charge < -0.3 is 10.2 Å². The number of halogens is 2. The summed E-state index contributed by atoms with van der Waals surface area (Å²) in [6.07, 6.45) is 2.96. The Morgan fingerprint density at radius 2 is 1.86 bits per heavy atom. The molecule has 2 aromatic carbocycles. The van der Waals surface area contributed by atoms with Gasteiger partial charge in [0.25, 0.3) is 0 Å². The highest BCUT2D eigenvalue weighted by Gasteiger charge is 2.16. The SMILES string of the molecule is Clc1ccc(CCN2CNC=C2c2ccccc2)c(Cl)c1. The molecule has 0 spiro atoms. The van der Waals surface area contributed by atoms with E-state index in [2.05, 4.69) is 40.7 Å². The molecular formula is C17H16Cl2N2. The molecule has 0 aromatic heterocycles. The maximum Gasteiger partial charge on any atom is 0.0873 e. The lowest BCUT2D eigenvalue weighted by atomic mass is 10.1. The van der Waals surface area contributed by atoms with E-state index in [4.69, 9.17) is 23.2 Å². The van der Waals surface area contributed by atoms with Crippen LogP contribution in [-0.2, 0) is 6.42 Å². The van der Waals surface area contributed by atoms with E-state index in [0.717, 1.165) is 30.2 Å². The van der Waals surface area contributed by atoms with Crippen molar-refractivity contribution in [2.24, 2.45) is 0 Å². The van der Waals surface area contributed by atoms with Crippen LogP contribution in [0.5, 0.6) is 0 Å². The van der Waals surface area contributed by atoms with E-state index in [9.17, 15) is 0 Å². The molecule has 21 heavy (non-hydrogen) atoms. The first-order valence-electron chi connectivity index (χ1n) is 6.92. The molecule has 4 heteroatoms. The molecule has 1 heterocycles. The Bertz CT molecular complexity index is 653. The Morgan fingerprint density at radius 1 is 1.05 bits per heavy atom. The molecule has 0 unspecified atom stereocenters. The van der Waals surface area contributed by atoms with Crippen molar-refractivity contribution < 1.29 is 0 Å². The average molecular weight is 319 g/mol. The van der Waals surface area contributed by atoms with Gasteiger partial charge in [0.1, 0.15) is 0 Å². The van der Waals surface area contributed by atoms with Crippen LogP contribution in [-0.4, -0.2) is 18.1 Å². The average Bonchev–Trinajstić information content (AvgIpc) is 2.96. The zero-order valence-electron chi connectivity index (χ0n) is 11.5. The summed E-state index contributed by atoms with van der Waals surface area (Å²) in [6.45, 7) is 1.74. The van der Waals surface area contributed by atoms with Crippen molar-refractivity contribution >= 4 is 28.9 Å². The van der Waals surface area contributed by atoms with Gasteiger partial charge in [-0.2, -0.15) is 0 Å². The van der Waals surface area contributed by atoms with E-state index in [1.807, 2.05) is 18.2 Å². The maximum absolute atomic E-state index is 6.24. The van der Waals surface area contributed by atoms with E-state index >= 15 is 0 Å². The molecule has 0 fully saturated rings. The molecule has 0 saturated heterocycles. The van der Waals surface area contributed by atoms with Crippen LogP contribution in [0.4, 0.5) is 0 Å². The van der Waals surface area contributed by atoms with Crippen molar-refractivity contribution in [1.82, 2.24) is 10.2 Å². The van der Waals surface area contributed by atoms with E-state index in [0.29, 0.717) is 5.02 Å². The first-order valence-corrected chi connectivity index (χ1v) is 7.67. The van der Waals surface area contributed by atoms with Gasteiger partial charge in [-0.1, -0.05) is 59.6 Å². The van der Waals surface area contributed by atoms with Gasteiger partial charge in [0.15, 0.2) is 0 Å². The highest BCUT2D eigenvalue weighted by molar-refractivity contribution is 6.35. The Morgan fingerprint density at radius 3 is 2.62 bits per heavy atom. The Kier molecular flexibility index (Phi) is 4.37. The van der Waals surface area contributed by atoms with Crippen LogP contribution in [0, 0.1) is 0 Å². The molecule has 1 N–H and O–H groups in total. The molecule has 0 bridgehead atoms. The second kappa shape index (κ2) is 6.42. The molecule has 0 radical (unpaired) electrons. The molecule has 2 nitrogen and oxygen atoms in total. The second-order valence-electron chi connectivity index (χ2n) is 5.01. The number of hydrogen-bond donors (Lipinski definition) is 1. The molecular weight excluding hydrogens is 303 g/mol. The highest BCUT2D eigenvalue weighted by Crippen LogP contribution is 2.24. The Hall–Kier alpha value is -1.64. The third kappa shape index (κ3) is 3.34. The summed E-state index contributed by atoms with van der Waals surface area (Å²) in [6, 6.07) is 16.1. The summed E-state index contributed by atoms with van der Waals surface area (Å²) < 4.78 is 0. The minimum atomic E-state index is 0.677.